The topological polar surface area (TPSA) is 207 Å². The SMILES string of the molecule is COC(=O)C[C@@H]1N=C(c2ccc(N3CCC(Oc4ccc5oc(C(=O)N[C@H](C(=O)N6C[C@H](O)C[C@H]6C(=O)N[C@@H](C)c6ccc(-c7scnc7C)cc6)C(C)(C)C)cc5c4)C3)cc2)c2c(sc(C)c2C)-n2c(C)nnc21. The van der Waals surface area contributed by atoms with Crippen LogP contribution in [0.15, 0.2) is 87.7 Å². The van der Waals surface area contributed by atoms with Crippen LogP contribution in [0.3, 0.4) is 0 Å². The van der Waals surface area contributed by atoms with Gasteiger partial charge in [-0.25, -0.2) is 4.98 Å². The molecular weight excluding hydrogens is 991 g/mol. The number of rotatable bonds is 13. The van der Waals surface area contributed by atoms with E-state index in [9.17, 15) is 24.3 Å². The highest BCUT2D eigenvalue weighted by molar-refractivity contribution is 7.15. The van der Waals surface area contributed by atoms with E-state index in [1.54, 1.807) is 34.8 Å². The summed E-state index contributed by atoms with van der Waals surface area (Å²) in [6, 6.07) is 20.4. The number of furan rings is 1. The molecule has 10 rings (SSSR count). The summed E-state index contributed by atoms with van der Waals surface area (Å²) in [4.78, 5) is 70.3. The van der Waals surface area contributed by atoms with E-state index in [0.717, 1.165) is 73.6 Å². The van der Waals surface area contributed by atoms with Crippen LogP contribution in [0.4, 0.5) is 5.69 Å². The zero-order chi connectivity index (χ0) is 53.0. The highest BCUT2D eigenvalue weighted by Crippen LogP contribution is 2.40. The van der Waals surface area contributed by atoms with Crippen molar-refractivity contribution in [1.29, 1.82) is 0 Å². The number of methoxy groups -OCH3 is 1. The van der Waals surface area contributed by atoms with Crippen molar-refractivity contribution in [2.24, 2.45) is 10.4 Å². The molecule has 4 aromatic heterocycles. The average molecular weight is 1050 g/mol. The summed E-state index contributed by atoms with van der Waals surface area (Å²) >= 11 is 3.24. The number of hydrogen-bond acceptors (Lipinski definition) is 15. The zero-order valence-electron chi connectivity index (χ0n) is 43.5. The Morgan fingerprint density at radius 1 is 0.933 bits per heavy atom. The summed E-state index contributed by atoms with van der Waals surface area (Å²) in [5, 5.41) is 27.2. The van der Waals surface area contributed by atoms with E-state index in [1.807, 2.05) is 88.0 Å². The predicted molar refractivity (Wildman–Crippen MR) is 288 cm³/mol. The number of esters is 1. The first-order valence-electron chi connectivity index (χ1n) is 25.2. The number of amides is 3. The van der Waals surface area contributed by atoms with Gasteiger partial charge in [0.1, 0.15) is 46.4 Å². The molecule has 3 amide bonds. The molecule has 7 aromatic rings. The molecule has 3 aliphatic rings. The molecule has 0 radical (unpaired) electrons. The van der Waals surface area contributed by atoms with Gasteiger partial charge in [0.2, 0.25) is 11.8 Å². The first-order chi connectivity index (χ1) is 35.8. The quantitative estimate of drug-likeness (QED) is 0.0930. The highest BCUT2D eigenvalue weighted by Gasteiger charge is 2.45. The first kappa shape index (κ1) is 51.3. The predicted octanol–water partition coefficient (Wildman–Crippen LogP) is 8.53. The number of nitrogens with one attached hydrogen (secondary N) is 2. The lowest BCUT2D eigenvalue weighted by Gasteiger charge is -2.35. The molecule has 3 N–H and O–H groups in total. The van der Waals surface area contributed by atoms with Crippen molar-refractivity contribution in [1.82, 2.24) is 35.3 Å². The molecule has 0 spiro atoms. The summed E-state index contributed by atoms with van der Waals surface area (Å²) in [6.45, 7) is 16.9. The van der Waals surface area contributed by atoms with Gasteiger partial charge in [0, 0.05) is 53.0 Å². The van der Waals surface area contributed by atoms with E-state index in [0.29, 0.717) is 29.1 Å². The third-order valence-corrected chi connectivity index (χ3v) is 16.7. The second-order valence-electron chi connectivity index (χ2n) is 20.8. The number of aromatic nitrogens is 4. The normalized spacial score (nSPS) is 19.3. The molecule has 3 aromatic carbocycles. The fraction of sp³-hybridized carbons (Fsp3) is 0.393. The van der Waals surface area contributed by atoms with Crippen molar-refractivity contribution < 1.29 is 38.2 Å². The maximum absolute atomic E-state index is 14.4. The van der Waals surface area contributed by atoms with Crippen LogP contribution < -0.4 is 20.3 Å². The molecule has 2 fully saturated rings. The fourth-order valence-electron chi connectivity index (χ4n) is 10.3. The fourth-order valence-corrected chi connectivity index (χ4v) is 12.3. The third kappa shape index (κ3) is 10.2. The molecule has 7 heterocycles. The van der Waals surface area contributed by atoms with E-state index < -0.39 is 41.5 Å². The summed E-state index contributed by atoms with van der Waals surface area (Å²) in [7, 11) is 1.38. The molecule has 3 aliphatic heterocycles. The number of fused-ring (bicyclic) bond motifs is 4. The maximum atomic E-state index is 14.4. The van der Waals surface area contributed by atoms with Gasteiger partial charge >= 0.3 is 5.97 Å². The van der Waals surface area contributed by atoms with Gasteiger partial charge in [-0.15, -0.1) is 32.9 Å². The first-order valence-corrected chi connectivity index (χ1v) is 26.9. The molecule has 1 unspecified atom stereocenters. The number of aliphatic hydroxyl groups excluding tert-OH is 1. The number of aryl methyl sites for hydroxylation is 3. The number of ether oxygens (including phenoxy) is 2. The largest absolute Gasteiger partial charge is 0.488 e. The molecule has 0 aliphatic carbocycles. The Morgan fingerprint density at radius 3 is 2.39 bits per heavy atom. The summed E-state index contributed by atoms with van der Waals surface area (Å²) in [5.74, 6) is 0.167. The molecule has 19 heteroatoms. The number of anilines is 1. The maximum Gasteiger partial charge on any atom is 0.308 e. The van der Waals surface area contributed by atoms with Gasteiger partial charge in [0.05, 0.1) is 54.0 Å². The Labute approximate surface area is 443 Å². The van der Waals surface area contributed by atoms with Crippen LogP contribution in [0.1, 0.15) is 114 Å². The van der Waals surface area contributed by atoms with Gasteiger partial charge in [-0.3, -0.25) is 28.7 Å². The van der Waals surface area contributed by atoms with E-state index in [-0.39, 0.29) is 49.2 Å². The minimum absolute atomic E-state index is 0.0215. The summed E-state index contributed by atoms with van der Waals surface area (Å²) < 4.78 is 19.6. The Morgan fingerprint density at radius 2 is 1.68 bits per heavy atom. The van der Waals surface area contributed by atoms with Crippen LogP contribution in [0.5, 0.6) is 5.75 Å². The van der Waals surface area contributed by atoms with Crippen LogP contribution in [-0.2, 0) is 19.1 Å². The van der Waals surface area contributed by atoms with Gasteiger partial charge in [-0.1, -0.05) is 57.2 Å². The lowest BCUT2D eigenvalue weighted by Crippen LogP contribution is -2.57. The lowest BCUT2D eigenvalue weighted by molar-refractivity contribution is -0.142. The molecule has 6 atom stereocenters. The number of likely N-dealkylation sites (tertiary alicyclic amines) is 1. The van der Waals surface area contributed by atoms with E-state index in [1.165, 1.54) is 16.9 Å². The molecule has 0 bridgehead atoms. The monoisotopic (exact) mass is 1050 g/mol. The van der Waals surface area contributed by atoms with Crippen LogP contribution >= 0.6 is 22.7 Å². The second-order valence-corrected chi connectivity index (χ2v) is 22.9. The van der Waals surface area contributed by atoms with E-state index in [4.69, 9.17) is 18.9 Å². The number of nitrogens with zero attached hydrogens (tertiary/aromatic N) is 7. The minimum atomic E-state index is -1.05. The number of aliphatic hydroxyl groups is 1. The molecule has 2 saturated heterocycles. The highest BCUT2D eigenvalue weighted by atomic mass is 32.1. The number of thiazole rings is 1. The molecule has 0 saturated carbocycles. The third-order valence-electron chi connectivity index (χ3n) is 14.5. The number of carbonyl (C=O) groups excluding carboxylic acids is 4. The van der Waals surface area contributed by atoms with Crippen molar-refractivity contribution in [3.8, 4) is 21.2 Å². The molecular formula is C56H61N9O8S2. The van der Waals surface area contributed by atoms with Gasteiger partial charge in [-0.2, -0.15) is 0 Å². The molecule has 75 heavy (non-hydrogen) atoms. The molecule has 390 valence electrons. The van der Waals surface area contributed by atoms with Gasteiger partial charge in [0.15, 0.2) is 11.6 Å². The van der Waals surface area contributed by atoms with Gasteiger partial charge in [-0.05, 0) is 93.1 Å². The van der Waals surface area contributed by atoms with Crippen LogP contribution in [-0.4, -0.2) is 110 Å². The number of hydrogen-bond donors (Lipinski definition) is 3. The smallest absolute Gasteiger partial charge is 0.308 e. The minimum Gasteiger partial charge on any atom is -0.488 e. The Hall–Kier alpha value is -7.22. The average Bonchev–Trinajstić information content (AvgIpc) is 4.28. The number of aliphatic imine (C=N–C) groups is 1. The number of benzene rings is 3. The van der Waals surface area contributed by atoms with Crippen LogP contribution in [0.2, 0.25) is 0 Å². The second kappa shape index (κ2) is 20.5. The zero-order valence-corrected chi connectivity index (χ0v) is 45.1. The van der Waals surface area contributed by atoms with Crippen molar-refractivity contribution in [3.05, 3.63) is 129 Å². The Balaban J connectivity index is 0.783. The standard InChI is InChI=1S/C56H61N9O8S2/c1-29-32(4)75-55-47(29)48(59-42(25-46(67)71-9)51-62-61-33(5)65(51)55)35-14-16-38(17-15-35)63-21-20-41(27-63)72-40-18-19-44-37(22-40)23-45(73-44)53(69)60-50(56(6,7)8)54(70)64-26-39(66)24-43(64)52(68)58-30(2)34-10-12-36(13-11-34)49-31(3)57-28-74-49/h10-19,22-23,28,30,39,41-43,50,66H,20-21,24-27H2,1-9H3,(H,58,68)(H,60,69)/t30-,39+,41?,42-,43-,50+/m0/s1. The van der Waals surface area contributed by atoms with E-state index >= 15 is 0 Å². The van der Waals surface area contributed by atoms with Crippen LogP contribution in [0, 0.1) is 33.1 Å². The Bertz CT molecular complexity index is 3350. The molecule has 17 nitrogen and oxygen atoms in total. The van der Waals surface area contributed by atoms with Crippen molar-refractivity contribution in [2.45, 2.75) is 111 Å². The van der Waals surface area contributed by atoms with Crippen LogP contribution in [0.25, 0.3) is 26.4 Å². The Kier molecular flexibility index (Phi) is 14.0. The number of β-amino-alcohol motifs (C(OH)–C–C–N with tert-alkyl or cyclic N) is 1. The summed E-state index contributed by atoms with van der Waals surface area (Å²) in [6.07, 6.45) is -0.127. The van der Waals surface area contributed by atoms with Gasteiger partial charge < -0.3 is 39.4 Å². The number of thiophene rings is 1. The number of carbonyl (C=O) groups is 4. The van der Waals surface area contributed by atoms with Crippen molar-refractivity contribution in [2.75, 3.05) is 31.6 Å². The lowest BCUT2D eigenvalue weighted by atomic mass is 9.85. The van der Waals surface area contributed by atoms with Crippen molar-refractivity contribution >= 4 is 68.7 Å². The van der Waals surface area contributed by atoms with Gasteiger partial charge in [0.25, 0.3) is 5.91 Å². The van der Waals surface area contributed by atoms with Crippen molar-refractivity contribution in [3.63, 3.8) is 0 Å². The summed E-state index contributed by atoms with van der Waals surface area (Å²) in [5.41, 5.74) is 9.30. The van der Waals surface area contributed by atoms with E-state index in [2.05, 4.69) is 68.8 Å².